The fourth-order valence-corrected chi connectivity index (χ4v) is 2.54. The molecule has 2 amide bonds. The number of amides is 2. The van der Waals surface area contributed by atoms with Gasteiger partial charge in [0.25, 0.3) is 0 Å². The summed E-state index contributed by atoms with van der Waals surface area (Å²) in [6.07, 6.45) is 0.687. The SMILES string of the molecule is CC(C)(C)OC(=O)N1CCC[C@H]1C(=O)NCc1ccc(F)cc1F. The van der Waals surface area contributed by atoms with Crippen molar-refractivity contribution in [3.05, 3.63) is 35.4 Å². The number of nitrogens with one attached hydrogen (secondary N) is 1. The van der Waals surface area contributed by atoms with Crippen LogP contribution in [0.1, 0.15) is 39.2 Å². The minimum atomic E-state index is -0.717. The Balaban J connectivity index is 1.96. The van der Waals surface area contributed by atoms with Crippen LogP contribution in [0, 0.1) is 11.6 Å². The van der Waals surface area contributed by atoms with Gasteiger partial charge in [0.15, 0.2) is 0 Å². The zero-order valence-electron chi connectivity index (χ0n) is 14.1. The molecule has 1 aliphatic rings. The quantitative estimate of drug-likeness (QED) is 0.920. The summed E-state index contributed by atoms with van der Waals surface area (Å²) in [7, 11) is 0. The van der Waals surface area contributed by atoms with Gasteiger partial charge < -0.3 is 10.1 Å². The van der Waals surface area contributed by atoms with Crippen molar-refractivity contribution in [2.45, 2.75) is 51.8 Å². The molecule has 0 aliphatic carbocycles. The lowest BCUT2D eigenvalue weighted by Crippen LogP contribution is -2.47. The van der Waals surface area contributed by atoms with Crippen molar-refractivity contribution >= 4 is 12.0 Å². The third-order valence-electron chi connectivity index (χ3n) is 3.65. The van der Waals surface area contributed by atoms with E-state index in [0.717, 1.165) is 12.1 Å². The summed E-state index contributed by atoms with van der Waals surface area (Å²) >= 11 is 0. The second kappa shape index (κ2) is 7.15. The summed E-state index contributed by atoms with van der Waals surface area (Å²) in [5.41, 5.74) is -0.454. The Hall–Kier alpha value is -2.18. The van der Waals surface area contributed by atoms with Crippen molar-refractivity contribution in [1.29, 1.82) is 0 Å². The van der Waals surface area contributed by atoms with Crippen LogP contribution >= 0.6 is 0 Å². The van der Waals surface area contributed by atoms with Gasteiger partial charge in [-0.25, -0.2) is 13.6 Å². The van der Waals surface area contributed by atoms with Gasteiger partial charge in [-0.05, 0) is 39.7 Å². The summed E-state index contributed by atoms with van der Waals surface area (Å²) in [6, 6.07) is 2.55. The Bertz CT molecular complexity index is 629. The molecule has 0 radical (unpaired) electrons. The predicted octanol–water partition coefficient (Wildman–Crippen LogP) is 2.98. The zero-order valence-corrected chi connectivity index (χ0v) is 14.1. The highest BCUT2D eigenvalue weighted by Gasteiger charge is 2.36. The first kappa shape index (κ1) is 18.2. The Kier molecular flexibility index (Phi) is 5.41. The molecule has 0 spiro atoms. The molecular formula is C17H22F2N2O3. The first-order valence-electron chi connectivity index (χ1n) is 7.88. The van der Waals surface area contributed by atoms with Gasteiger partial charge in [0.1, 0.15) is 23.3 Å². The minimum Gasteiger partial charge on any atom is -0.444 e. The van der Waals surface area contributed by atoms with Crippen molar-refractivity contribution in [3.8, 4) is 0 Å². The van der Waals surface area contributed by atoms with E-state index in [1.165, 1.54) is 11.0 Å². The largest absolute Gasteiger partial charge is 0.444 e. The molecule has 0 saturated carbocycles. The van der Waals surface area contributed by atoms with E-state index in [0.29, 0.717) is 19.4 Å². The van der Waals surface area contributed by atoms with E-state index in [9.17, 15) is 18.4 Å². The molecule has 132 valence electrons. The molecule has 1 saturated heterocycles. The maximum absolute atomic E-state index is 13.6. The van der Waals surface area contributed by atoms with Crippen molar-refractivity contribution in [3.63, 3.8) is 0 Å². The predicted molar refractivity (Wildman–Crippen MR) is 84.2 cm³/mol. The lowest BCUT2D eigenvalue weighted by molar-refractivity contribution is -0.125. The van der Waals surface area contributed by atoms with Crippen LogP contribution in [-0.4, -0.2) is 35.1 Å². The molecule has 1 atom stereocenters. The van der Waals surface area contributed by atoms with Gasteiger partial charge in [0.05, 0.1) is 0 Å². The van der Waals surface area contributed by atoms with E-state index in [1.54, 1.807) is 20.8 Å². The number of hydrogen-bond acceptors (Lipinski definition) is 3. The Labute approximate surface area is 140 Å². The number of nitrogens with zero attached hydrogens (tertiary/aromatic N) is 1. The third kappa shape index (κ3) is 4.66. The molecule has 0 bridgehead atoms. The van der Waals surface area contributed by atoms with E-state index in [4.69, 9.17) is 4.74 Å². The molecule has 7 heteroatoms. The maximum atomic E-state index is 13.6. The topological polar surface area (TPSA) is 58.6 Å². The average Bonchev–Trinajstić information content (AvgIpc) is 2.93. The van der Waals surface area contributed by atoms with Gasteiger partial charge in [-0.15, -0.1) is 0 Å². The third-order valence-corrected chi connectivity index (χ3v) is 3.65. The number of benzene rings is 1. The summed E-state index contributed by atoms with van der Waals surface area (Å²) in [4.78, 5) is 25.9. The summed E-state index contributed by atoms with van der Waals surface area (Å²) < 4.78 is 31.8. The van der Waals surface area contributed by atoms with Crippen LogP contribution in [0.4, 0.5) is 13.6 Å². The van der Waals surface area contributed by atoms with Gasteiger partial charge in [-0.1, -0.05) is 6.07 Å². The van der Waals surface area contributed by atoms with Gasteiger partial charge in [-0.3, -0.25) is 9.69 Å². The van der Waals surface area contributed by atoms with Gasteiger partial charge in [0, 0.05) is 24.7 Å². The number of ether oxygens (including phenoxy) is 1. The Morgan fingerprint density at radius 2 is 2.04 bits per heavy atom. The molecule has 1 aliphatic heterocycles. The molecule has 1 heterocycles. The van der Waals surface area contributed by atoms with Crippen LogP contribution in [-0.2, 0) is 16.1 Å². The molecule has 24 heavy (non-hydrogen) atoms. The highest BCUT2D eigenvalue weighted by atomic mass is 19.1. The summed E-state index contributed by atoms with van der Waals surface area (Å²) in [5, 5.41) is 2.60. The minimum absolute atomic E-state index is 0.0659. The Morgan fingerprint density at radius 3 is 2.67 bits per heavy atom. The molecule has 0 aromatic heterocycles. The molecular weight excluding hydrogens is 318 g/mol. The van der Waals surface area contributed by atoms with Crippen molar-refractivity contribution in [1.82, 2.24) is 10.2 Å². The second-order valence-electron chi connectivity index (χ2n) is 6.79. The molecule has 0 unspecified atom stereocenters. The molecule has 1 aromatic rings. The number of carbonyl (C=O) groups excluding carboxylic acids is 2. The van der Waals surface area contributed by atoms with E-state index in [-0.39, 0.29) is 18.0 Å². The number of rotatable bonds is 3. The summed E-state index contributed by atoms with van der Waals surface area (Å²) in [6.45, 7) is 5.65. The first-order chi connectivity index (χ1) is 11.2. The van der Waals surface area contributed by atoms with Gasteiger partial charge >= 0.3 is 6.09 Å². The molecule has 1 aromatic carbocycles. The zero-order chi connectivity index (χ0) is 17.9. The molecule has 1 fully saturated rings. The number of carbonyl (C=O) groups is 2. The van der Waals surface area contributed by atoms with Crippen molar-refractivity contribution < 1.29 is 23.1 Å². The average molecular weight is 340 g/mol. The fraction of sp³-hybridized carbons (Fsp3) is 0.529. The highest BCUT2D eigenvalue weighted by Crippen LogP contribution is 2.21. The molecule has 5 nitrogen and oxygen atoms in total. The van der Waals surface area contributed by atoms with E-state index >= 15 is 0 Å². The first-order valence-corrected chi connectivity index (χ1v) is 7.88. The van der Waals surface area contributed by atoms with Gasteiger partial charge in [0.2, 0.25) is 5.91 Å². The van der Waals surface area contributed by atoms with Crippen LogP contribution in [0.15, 0.2) is 18.2 Å². The standard InChI is InChI=1S/C17H22F2N2O3/c1-17(2,3)24-16(23)21-8-4-5-14(21)15(22)20-10-11-6-7-12(18)9-13(11)19/h6-7,9,14H,4-5,8,10H2,1-3H3,(H,20,22)/t14-/m0/s1. The normalized spacial score (nSPS) is 17.7. The number of likely N-dealkylation sites (tertiary alicyclic amines) is 1. The lowest BCUT2D eigenvalue weighted by Gasteiger charge is -2.28. The Morgan fingerprint density at radius 1 is 1.33 bits per heavy atom. The molecule has 1 N–H and O–H groups in total. The summed E-state index contributed by atoms with van der Waals surface area (Å²) in [5.74, 6) is -1.76. The fourth-order valence-electron chi connectivity index (χ4n) is 2.54. The monoisotopic (exact) mass is 340 g/mol. The van der Waals surface area contributed by atoms with Crippen LogP contribution < -0.4 is 5.32 Å². The maximum Gasteiger partial charge on any atom is 0.410 e. The van der Waals surface area contributed by atoms with Crippen LogP contribution in [0.3, 0.4) is 0 Å². The lowest BCUT2D eigenvalue weighted by atomic mass is 10.1. The number of halogens is 2. The van der Waals surface area contributed by atoms with Crippen molar-refractivity contribution in [2.75, 3.05) is 6.54 Å². The highest BCUT2D eigenvalue weighted by molar-refractivity contribution is 5.86. The van der Waals surface area contributed by atoms with E-state index in [1.807, 2.05) is 0 Å². The van der Waals surface area contributed by atoms with Crippen LogP contribution in [0.2, 0.25) is 0 Å². The van der Waals surface area contributed by atoms with Crippen LogP contribution in [0.5, 0.6) is 0 Å². The second-order valence-corrected chi connectivity index (χ2v) is 6.79. The van der Waals surface area contributed by atoms with Crippen molar-refractivity contribution in [2.24, 2.45) is 0 Å². The van der Waals surface area contributed by atoms with E-state index < -0.39 is 29.4 Å². The number of hydrogen-bond donors (Lipinski definition) is 1. The smallest absolute Gasteiger partial charge is 0.410 e. The van der Waals surface area contributed by atoms with Crippen LogP contribution in [0.25, 0.3) is 0 Å². The van der Waals surface area contributed by atoms with Gasteiger partial charge in [-0.2, -0.15) is 0 Å². The van der Waals surface area contributed by atoms with E-state index in [2.05, 4.69) is 5.32 Å². The molecule has 2 rings (SSSR count).